The molecule has 0 spiro atoms. The number of imidazole rings is 1. The molecule has 1 N–H and O–H groups in total. The van der Waals surface area contributed by atoms with E-state index in [9.17, 15) is 0 Å². The van der Waals surface area contributed by atoms with Gasteiger partial charge in [-0.05, 0) is 37.6 Å². The van der Waals surface area contributed by atoms with Gasteiger partial charge in [-0.15, -0.1) is 0 Å². The van der Waals surface area contributed by atoms with Gasteiger partial charge in [-0.25, -0.2) is 4.98 Å². The van der Waals surface area contributed by atoms with E-state index in [1.54, 1.807) is 0 Å². The van der Waals surface area contributed by atoms with Gasteiger partial charge in [0.05, 0.1) is 6.54 Å². The van der Waals surface area contributed by atoms with Crippen LogP contribution in [-0.2, 0) is 13.1 Å². The molecule has 1 aliphatic carbocycles. The fourth-order valence-corrected chi connectivity index (χ4v) is 2.20. The lowest BCUT2D eigenvalue weighted by atomic mass is 10.1. The molecule has 0 bridgehead atoms. The minimum absolute atomic E-state index is 0.828. The van der Waals surface area contributed by atoms with Gasteiger partial charge in [-0.2, -0.15) is 0 Å². The SMILES string of the molecule is CCCn1ccnc1CNCC(C)C1CC1. The monoisotopic (exact) mass is 221 g/mol. The summed E-state index contributed by atoms with van der Waals surface area (Å²) in [6.45, 7) is 7.67. The average molecular weight is 221 g/mol. The van der Waals surface area contributed by atoms with E-state index in [0.29, 0.717) is 0 Å². The Bertz CT molecular complexity index is 315. The lowest BCUT2D eigenvalue weighted by molar-refractivity contribution is 0.452. The van der Waals surface area contributed by atoms with Crippen molar-refractivity contribution in [2.75, 3.05) is 6.54 Å². The summed E-state index contributed by atoms with van der Waals surface area (Å²) in [5.74, 6) is 2.99. The Balaban J connectivity index is 1.73. The van der Waals surface area contributed by atoms with E-state index in [0.717, 1.165) is 31.5 Å². The second kappa shape index (κ2) is 5.48. The van der Waals surface area contributed by atoms with Crippen LogP contribution in [0.15, 0.2) is 12.4 Å². The van der Waals surface area contributed by atoms with E-state index in [1.807, 2.05) is 6.20 Å². The molecule has 3 heteroatoms. The summed E-state index contributed by atoms with van der Waals surface area (Å²) in [6.07, 6.45) is 8.02. The van der Waals surface area contributed by atoms with Crippen LogP contribution in [0.25, 0.3) is 0 Å². The van der Waals surface area contributed by atoms with Crippen LogP contribution in [-0.4, -0.2) is 16.1 Å². The van der Waals surface area contributed by atoms with Crippen molar-refractivity contribution in [3.63, 3.8) is 0 Å². The summed E-state index contributed by atoms with van der Waals surface area (Å²) in [4.78, 5) is 4.39. The molecule has 1 aromatic heterocycles. The minimum Gasteiger partial charge on any atom is -0.334 e. The molecular formula is C13H23N3. The largest absolute Gasteiger partial charge is 0.334 e. The van der Waals surface area contributed by atoms with Gasteiger partial charge >= 0.3 is 0 Å². The maximum atomic E-state index is 4.39. The molecule has 0 saturated heterocycles. The highest BCUT2D eigenvalue weighted by molar-refractivity contribution is 4.92. The van der Waals surface area contributed by atoms with E-state index < -0.39 is 0 Å². The standard InChI is InChI=1S/C13H23N3/c1-3-7-16-8-6-15-13(16)10-14-9-11(2)12-4-5-12/h6,8,11-12,14H,3-5,7,9-10H2,1-2H3. The Morgan fingerprint density at radius 3 is 3.06 bits per heavy atom. The summed E-state index contributed by atoms with van der Waals surface area (Å²) < 4.78 is 2.24. The van der Waals surface area contributed by atoms with E-state index >= 15 is 0 Å². The predicted molar refractivity (Wildman–Crippen MR) is 66.1 cm³/mol. The summed E-state index contributed by atoms with van der Waals surface area (Å²) in [5.41, 5.74) is 0. The molecule has 16 heavy (non-hydrogen) atoms. The number of aryl methyl sites for hydroxylation is 1. The second-order valence-electron chi connectivity index (χ2n) is 4.98. The van der Waals surface area contributed by atoms with E-state index in [4.69, 9.17) is 0 Å². The number of hydrogen-bond donors (Lipinski definition) is 1. The van der Waals surface area contributed by atoms with Gasteiger partial charge in [-0.1, -0.05) is 13.8 Å². The van der Waals surface area contributed by atoms with Crippen LogP contribution < -0.4 is 5.32 Å². The number of rotatable bonds is 7. The maximum Gasteiger partial charge on any atom is 0.122 e. The fourth-order valence-electron chi connectivity index (χ4n) is 2.20. The molecule has 1 unspecified atom stereocenters. The molecule has 3 nitrogen and oxygen atoms in total. The Kier molecular flexibility index (Phi) is 3.99. The van der Waals surface area contributed by atoms with Crippen molar-refractivity contribution in [3.05, 3.63) is 18.2 Å². The molecule has 0 aromatic carbocycles. The highest BCUT2D eigenvalue weighted by Crippen LogP contribution is 2.36. The van der Waals surface area contributed by atoms with Crippen molar-refractivity contribution in [2.24, 2.45) is 11.8 Å². The molecule has 0 aliphatic heterocycles. The van der Waals surface area contributed by atoms with Crippen LogP contribution in [0.2, 0.25) is 0 Å². The average Bonchev–Trinajstić information content (AvgIpc) is 3.03. The van der Waals surface area contributed by atoms with Crippen LogP contribution in [0, 0.1) is 11.8 Å². The van der Waals surface area contributed by atoms with Gasteiger partial charge in [0.15, 0.2) is 0 Å². The molecule has 0 radical (unpaired) electrons. The van der Waals surface area contributed by atoms with Crippen LogP contribution >= 0.6 is 0 Å². The summed E-state index contributed by atoms with van der Waals surface area (Å²) in [6, 6.07) is 0. The van der Waals surface area contributed by atoms with Crippen LogP contribution in [0.4, 0.5) is 0 Å². The molecule has 1 atom stereocenters. The van der Waals surface area contributed by atoms with E-state index in [1.165, 1.54) is 25.1 Å². The Hall–Kier alpha value is -0.830. The lowest BCUT2D eigenvalue weighted by Crippen LogP contribution is -2.23. The number of hydrogen-bond acceptors (Lipinski definition) is 2. The van der Waals surface area contributed by atoms with Crippen LogP contribution in [0.1, 0.15) is 38.9 Å². The quantitative estimate of drug-likeness (QED) is 0.766. The first kappa shape index (κ1) is 11.6. The van der Waals surface area contributed by atoms with Crippen LogP contribution in [0.3, 0.4) is 0 Å². The third-order valence-electron chi connectivity index (χ3n) is 3.44. The van der Waals surface area contributed by atoms with Crippen molar-refractivity contribution in [2.45, 2.75) is 46.2 Å². The van der Waals surface area contributed by atoms with Crippen molar-refractivity contribution in [1.82, 2.24) is 14.9 Å². The number of nitrogens with one attached hydrogen (secondary N) is 1. The summed E-state index contributed by atoms with van der Waals surface area (Å²) >= 11 is 0. The molecule has 1 fully saturated rings. The number of nitrogens with zero attached hydrogens (tertiary/aromatic N) is 2. The van der Waals surface area contributed by atoms with Gasteiger partial charge in [0.25, 0.3) is 0 Å². The van der Waals surface area contributed by atoms with Gasteiger partial charge < -0.3 is 9.88 Å². The van der Waals surface area contributed by atoms with Gasteiger partial charge in [0.2, 0.25) is 0 Å². The molecule has 1 saturated carbocycles. The second-order valence-corrected chi connectivity index (χ2v) is 4.98. The first-order valence-electron chi connectivity index (χ1n) is 6.52. The molecule has 1 aromatic rings. The van der Waals surface area contributed by atoms with E-state index in [-0.39, 0.29) is 0 Å². The molecular weight excluding hydrogens is 198 g/mol. The number of aromatic nitrogens is 2. The van der Waals surface area contributed by atoms with Crippen molar-refractivity contribution < 1.29 is 0 Å². The third kappa shape index (κ3) is 3.08. The zero-order valence-corrected chi connectivity index (χ0v) is 10.4. The van der Waals surface area contributed by atoms with Gasteiger partial charge in [0, 0.05) is 18.9 Å². The summed E-state index contributed by atoms with van der Waals surface area (Å²) in [7, 11) is 0. The van der Waals surface area contributed by atoms with Crippen molar-refractivity contribution in [1.29, 1.82) is 0 Å². The van der Waals surface area contributed by atoms with Crippen LogP contribution in [0.5, 0.6) is 0 Å². The minimum atomic E-state index is 0.828. The highest BCUT2D eigenvalue weighted by atomic mass is 15.1. The predicted octanol–water partition coefficient (Wildman–Crippen LogP) is 2.43. The Morgan fingerprint density at radius 1 is 1.56 bits per heavy atom. The maximum absolute atomic E-state index is 4.39. The smallest absolute Gasteiger partial charge is 0.122 e. The Morgan fingerprint density at radius 2 is 2.38 bits per heavy atom. The topological polar surface area (TPSA) is 29.9 Å². The first-order chi connectivity index (χ1) is 7.81. The summed E-state index contributed by atoms with van der Waals surface area (Å²) in [5, 5.41) is 3.52. The molecule has 0 amide bonds. The molecule has 1 aliphatic rings. The normalized spacial score (nSPS) is 17.6. The van der Waals surface area contributed by atoms with Crippen molar-refractivity contribution >= 4 is 0 Å². The molecule has 90 valence electrons. The first-order valence-corrected chi connectivity index (χ1v) is 6.52. The molecule has 1 heterocycles. The van der Waals surface area contributed by atoms with Gasteiger partial charge in [0.1, 0.15) is 5.82 Å². The molecule has 2 rings (SSSR count). The van der Waals surface area contributed by atoms with Gasteiger partial charge in [-0.3, -0.25) is 0 Å². The fraction of sp³-hybridized carbons (Fsp3) is 0.769. The Labute approximate surface area is 98.3 Å². The third-order valence-corrected chi connectivity index (χ3v) is 3.44. The lowest BCUT2D eigenvalue weighted by Gasteiger charge is -2.12. The van der Waals surface area contributed by atoms with Crippen molar-refractivity contribution in [3.8, 4) is 0 Å². The van der Waals surface area contributed by atoms with E-state index in [2.05, 4.69) is 34.9 Å². The zero-order chi connectivity index (χ0) is 11.4. The highest BCUT2D eigenvalue weighted by Gasteiger charge is 2.27. The zero-order valence-electron chi connectivity index (χ0n) is 10.4.